The van der Waals surface area contributed by atoms with Crippen molar-refractivity contribution in [3.8, 4) is 0 Å². The van der Waals surface area contributed by atoms with Gasteiger partial charge in [-0.2, -0.15) is 0 Å². The molecule has 1 aliphatic heterocycles. The number of carbonyl (C=O) groups excluding carboxylic acids is 2. The number of benzene rings is 1. The maximum atomic E-state index is 12.3. The third-order valence-electron chi connectivity index (χ3n) is 3.13. The summed E-state index contributed by atoms with van der Waals surface area (Å²) in [7, 11) is 0. The molecular weight excluding hydrogens is 226 g/mol. The summed E-state index contributed by atoms with van der Waals surface area (Å²) in [5.41, 5.74) is 2.55. The van der Waals surface area contributed by atoms with Crippen molar-refractivity contribution in [1.82, 2.24) is 0 Å². The number of anilines is 1. The summed E-state index contributed by atoms with van der Waals surface area (Å²) in [6.45, 7) is 5.49. The molecule has 18 heavy (non-hydrogen) atoms. The maximum Gasteiger partial charge on any atom is 0.224 e. The van der Waals surface area contributed by atoms with Crippen LogP contribution in [0.15, 0.2) is 35.9 Å². The second kappa shape index (κ2) is 4.77. The molecule has 0 aliphatic carbocycles. The molecule has 1 aliphatic rings. The van der Waals surface area contributed by atoms with E-state index < -0.39 is 0 Å². The average molecular weight is 243 g/mol. The van der Waals surface area contributed by atoms with Gasteiger partial charge in [-0.3, -0.25) is 9.59 Å². The van der Waals surface area contributed by atoms with E-state index in [1.165, 1.54) is 6.92 Å². The Hall–Kier alpha value is -1.90. The summed E-state index contributed by atoms with van der Waals surface area (Å²) in [6.07, 6.45) is 2.58. The lowest BCUT2D eigenvalue weighted by Crippen LogP contribution is -2.38. The van der Waals surface area contributed by atoms with Gasteiger partial charge in [0.2, 0.25) is 5.91 Å². The van der Waals surface area contributed by atoms with Gasteiger partial charge in [-0.15, -0.1) is 0 Å². The Morgan fingerprint density at radius 1 is 1.28 bits per heavy atom. The van der Waals surface area contributed by atoms with Crippen LogP contribution in [-0.4, -0.2) is 17.7 Å². The minimum atomic E-state index is -0.380. The molecule has 1 amide bonds. The first kappa shape index (κ1) is 12.6. The molecule has 0 radical (unpaired) electrons. The largest absolute Gasteiger partial charge is 0.301 e. The second-order valence-corrected chi connectivity index (χ2v) is 4.80. The highest BCUT2D eigenvalue weighted by molar-refractivity contribution is 6.17. The van der Waals surface area contributed by atoms with Crippen molar-refractivity contribution in [1.29, 1.82) is 0 Å². The van der Waals surface area contributed by atoms with Gasteiger partial charge in [-0.25, -0.2) is 0 Å². The molecule has 0 saturated carbocycles. The van der Waals surface area contributed by atoms with Crippen LogP contribution in [0.5, 0.6) is 0 Å². The molecule has 3 heteroatoms. The van der Waals surface area contributed by atoms with Crippen molar-refractivity contribution in [2.75, 3.05) is 4.90 Å². The fourth-order valence-electron chi connectivity index (χ4n) is 2.31. The molecule has 1 unspecified atom stereocenters. The number of nitrogens with zero attached hydrogens (tertiary/aromatic N) is 1. The van der Waals surface area contributed by atoms with E-state index in [1.54, 1.807) is 11.0 Å². The van der Waals surface area contributed by atoms with E-state index in [0.717, 1.165) is 11.3 Å². The zero-order chi connectivity index (χ0) is 13.3. The summed E-state index contributed by atoms with van der Waals surface area (Å²) < 4.78 is 0. The molecule has 0 bridgehead atoms. The Bertz CT molecular complexity index is 527. The summed E-state index contributed by atoms with van der Waals surface area (Å²) in [5.74, 6) is -0.0428. The Morgan fingerprint density at radius 3 is 2.56 bits per heavy atom. The van der Waals surface area contributed by atoms with Crippen LogP contribution in [0.4, 0.5) is 5.69 Å². The number of ketones is 1. The molecule has 0 fully saturated rings. The van der Waals surface area contributed by atoms with E-state index in [1.807, 2.05) is 38.1 Å². The van der Waals surface area contributed by atoms with Crippen LogP contribution in [0.2, 0.25) is 0 Å². The summed E-state index contributed by atoms with van der Waals surface area (Å²) in [4.78, 5) is 25.7. The van der Waals surface area contributed by atoms with Crippen LogP contribution in [0.1, 0.15) is 37.6 Å². The molecular formula is C15H17NO2. The molecule has 1 aromatic carbocycles. The Morgan fingerprint density at radius 2 is 1.94 bits per heavy atom. The highest BCUT2D eigenvalue weighted by Gasteiger charge is 2.38. The lowest BCUT2D eigenvalue weighted by molar-refractivity contribution is -0.116. The fourth-order valence-corrected chi connectivity index (χ4v) is 2.31. The Labute approximate surface area is 107 Å². The van der Waals surface area contributed by atoms with Crippen LogP contribution in [0.3, 0.4) is 0 Å². The first-order valence-electron chi connectivity index (χ1n) is 6.08. The molecule has 2 rings (SSSR count). The molecule has 0 saturated heterocycles. The quantitative estimate of drug-likeness (QED) is 0.749. The van der Waals surface area contributed by atoms with E-state index in [2.05, 4.69) is 0 Å². The lowest BCUT2D eigenvalue weighted by Gasteiger charge is -2.21. The molecule has 0 aromatic heterocycles. The van der Waals surface area contributed by atoms with Crippen molar-refractivity contribution in [3.63, 3.8) is 0 Å². The van der Waals surface area contributed by atoms with Gasteiger partial charge >= 0.3 is 0 Å². The maximum absolute atomic E-state index is 12.3. The van der Waals surface area contributed by atoms with Gasteiger partial charge in [0.05, 0.1) is 5.69 Å². The number of fused-ring (bicyclic) bond motifs is 1. The second-order valence-electron chi connectivity index (χ2n) is 4.80. The summed E-state index contributed by atoms with van der Waals surface area (Å²) >= 11 is 0. The number of para-hydroxylation sites is 1. The van der Waals surface area contributed by atoms with Crippen molar-refractivity contribution >= 4 is 17.4 Å². The SMILES string of the molecule is CC(=O)N1c2ccccc2C(=O)C1CC=C(C)C. The van der Waals surface area contributed by atoms with Crippen LogP contribution in [0, 0.1) is 0 Å². The summed E-state index contributed by atoms with van der Waals surface area (Å²) in [5, 5.41) is 0. The van der Waals surface area contributed by atoms with Gasteiger partial charge < -0.3 is 4.90 Å². The van der Waals surface area contributed by atoms with Crippen molar-refractivity contribution in [3.05, 3.63) is 41.5 Å². The molecule has 3 nitrogen and oxygen atoms in total. The van der Waals surface area contributed by atoms with Gasteiger partial charge in [0, 0.05) is 12.5 Å². The van der Waals surface area contributed by atoms with Crippen molar-refractivity contribution < 1.29 is 9.59 Å². The first-order chi connectivity index (χ1) is 8.52. The molecule has 0 N–H and O–H groups in total. The normalized spacial score (nSPS) is 17.6. The van der Waals surface area contributed by atoms with Crippen LogP contribution in [-0.2, 0) is 4.79 Å². The molecule has 1 heterocycles. The highest BCUT2D eigenvalue weighted by atomic mass is 16.2. The number of allylic oxidation sites excluding steroid dienone is 1. The van der Waals surface area contributed by atoms with Gasteiger partial charge in [0.1, 0.15) is 6.04 Å². The van der Waals surface area contributed by atoms with E-state index in [-0.39, 0.29) is 17.7 Å². The number of Topliss-reactive ketones (excluding diaryl/α,β-unsaturated/α-hetero) is 1. The fraction of sp³-hybridized carbons (Fsp3) is 0.333. The third-order valence-corrected chi connectivity index (χ3v) is 3.13. The number of amides is 1. The Kier molecular flexibility index (Phi) is 3.32. The van der Waals surface area contributed by atoms with Crippen LogP contribution >= 0.6 is 0 Å². The number of hydrogen-bond acceptors (Lipinski definition) is 2. The smallest absolute Gasteiger partial charge is 0.224 e. The topological polar surface area (TPSA) is 37.4 Å². The zero-order valence-electron chi connectivity index (χ0n) is 10.9. The first-order valence-corrected chi connectivity index (χ1v) is 6.08. The minimum Gasteiger partial charge on any atom is -0.301 e. The minimum absolute atomic E-state index is 0.0401. The summed E-state index contributed by atoms with van der Waals surface area (Å²) in [6, 6.07) is 6.92. The van der Waals surface area contributed by atoms with Gasteiger partial charge in [0.25, 0.3) is 0 Å². The zero-order valence-corrected chi connectivity index (χ0v) is 10.9. The molecule has 1 atom stereocenters. The van der Waals surface area contributed by atoms with Crippen LogP contribution in [0.25, 0.3) is 0 Å². The number of hydrogen-bond donors (Lipinski definition) is 0. The monoisotopic (exact) mass is 243 g/mol. The third kappa shape index (κ3) is 2.08. The van der Waals surface area contributed by atoms with Gasteiger partial charge in [0.15, 0.2) is 5.78 Å². The average Bonchev–Trinajstić information content (AvgIpc) is 2.60. The standard InChI is InChI=1S/C15H17NO2/c1-10(2)8-9-14-15(18)12-6-4-5-7-13(12)16(14)11(3)17/h4-8,14H,9H2,1-3H3. The van der Waals surface area contributed by atoms with E-state index >= 15 is 0 Å². The van der Waals surface area contributed by atoms with Gasteiger partial charge in [-0.1, -0.05) is 23.8 Å². The number of rotatable bonds is 2. The van der Waals surface area contributed by atoms with Gasteiger partial charge in [-0.05, 0) is 32.4 Å². The van der Waals surface area contributed by atoms with E-state index in [9.17, 15) is 9.59 Å². The highest BCUT2D eigenvalue weighted by Crippen LogP contribution is 2.33. The van der Waals surface area contributed by atoms with E-state index in [0.29, 0.717) is 12.0 Å². The Balaban J connectivity index is 2.41. The number of carbonyl (C=O) groups is 2. The van der Waals surface area contributed by atoms with Crippen molar-refractivity contribution in [2.24, 2.45) is 0 Å². The van der Waals surface area contributed by atoms with Crippen LogP contribution < -0.4 is 4.90 Å². The molecule has 1 aromatic rings. The molecule has 0 spiro atoms. The predicted molar refractivity (Wildman–Crippen MR) is 71.8 cm³/mol. The van der Waals surface area contributed by atoms with E-state index in [4.69, 9.17) is 0 Å². The predicted octanol–water partition coefficient (Wildman–Crippen LogP) is 2.96. The van der Waals surface area contributed by atoms with Crippen molar-refractivity contribution in [2.45, 2.75) is 33.2 Å². The molecule has 94 valence electrons. The lowest BCUT2D eigenvalue weighted by atomic mass is 10.0.